The van der Waals surface area contributed by atoms with Crippen molar-refractivity contribution in [3.8, 4) is 0 Å². The molecule has 0 unspecified atom stereocenters. The summed E-state index contributed by atoms with van der Waals surface area (Å²) in [4.78, 5) is 14.7. The average molecular weight is 298 g/mol. The molecule has 1 amide bonds. The lowest BCUT2D eigenvalue weighted by Crippen LogP contribution is -2.36. The van der Waals surface area contributed by atoms with Crippen LogP contribution in [0.15, 0.2) is 47.1 Å². The van der Waals surface area contributed by atoms with Crippen LogP contribution in [0.2, 0.25) is 0 Å². The standard InChI is InChI=1S/C18H22N2O2/c1-14-9-12-22-17(14)18(21)19-13-16(20-10-5-6-11-20)15-7-3-2-4-8-15/h2-4,7-9,12,16H,5-6,10-11,13H2,1H3,(H,19,21)/t16-/m1/s1. The van der Waals surface area contributed by atoms with Gasteiger partial charge in [-0.2, -0.15) is 0 Å². The molecule has 1 fully saturated rings. The van der Waals surface area contributed by atoms with Gasteiger partial charge in [-0.15, -0.1) is 0 Å². The minimum Gasteiger partial charge on any atom is -0.459 e. The van der Waals surface area contributed by atoms with Gasteiger partial charge in [0, 0.05) is 12.1 Å². The fourth-order valence-electron chi connectivity index (χ4n) is 3.06. The Hall–Kier alpha value is -2.07. The van der Waals surface area contributed by atoms with Gasteiger partial charge in [-0.25, -0.2) is 0 Å². The highest BCUT2D eigenvalue weighted by Gasteiger charge is 2.24. The summed E-state index contributed by atoms with van der Waals surface area (Å²) in [5.74, 6) is 0.274. The fraction of sp³-hybridized carbons (Fsp3) is 0.389. The van der Waals surface area contributed by atoms with Gasteiger partial charge >= 0.3 is 0 Å². The van der Waals surface area contributed by atoms with E-state index < -0.39 is 0 Å². The molecule has 4 nitrogen and oxygen atoms in total. The molecule has 0 bridgehead atoms. The van der Waals surface area contributed by atoms with E-state index in [0.29, 0.717) is 12.3 Å². The molecule has 1 atom stereocenters. The number of benzene rings is 1. The highest BCUT2D eigenvalue weighted by molar-refractivity contribution is 5.92. The zero-order valence-corrected chi connectivity index (χ0v) is 12.9. The van der Waals surface area contributed by atoms with Crippen LogP contribution in [-0.2, 0) is 0 Å². The van der Waals surface area contributed by atoms with E-state index >= 15 is 0 Å². The van der Waals surface area contributed by atoms with Gasteiger partial charge in [-0.05, 0) is 44.5 Å². The molecule has 1 aromatic heterocycles. The highest BCUT2D eigenvalue weighted by atomic mass is 16.3. The lowest BCUT2D eigenvalue weighted by atomic mass is 10.1. The topological polar surface area (TPSA) is 45.5 Å². The van der Waals surface area contributed by atoms with Gasteiger partial charge in [0.15, 0.2) is 5.76 Å². The van der Waals surface area contributed by atoms with Gasteiger partial charge in [0.25, 0.3) is 5.91 Å². The van der Waals surface area contributed by atoms with E-state index in [1.54, 1.807) is 6.26 Å². The monoisotopic (exact) mass is 298 g/mol. The predicted molar refractivity (Wildman–Crippen MR) is 85.8 cm³/mol. The average Bonchev–Trinajstić information content (AvgIpc) is 3.20. The summed E-state index contributed by atoms with van der Waals surface area (Å²) < 4.78 is 5.26. The Morgan fingerprint density at radius 3 is 2.59 bits per heavy atom. The Labute approximate surface area is 131 Å². The van der Waals surface area contributed by atoms with Crippen LogP contribution in [0.4, 0.5) is 0 Å². The quantitative estimate of drug-likeness (QED) is 0.922. The Bertz CT molecular complexity index is 615. The van der Waals surface area contributed by atoms with Crippen LogP contribution < -0.4 is 5.32 Å². The summed E-state index contributed by atoms with van der Waals surface area (Å²) in [6.07, 6.45) is 4.02. The van der Waals surface area contributed by atoms with Crippen molar-refractivity contribution in [2.24, 2.45) is 0 Å². The maximum Gasteiger partial charge on any atom is 0.287 e. The van der Waals surface area contributed by atoms with Crippen LogP contribution in [0, 0.1) is 6.92 Å². The number of rotatable bonds is 5. The first-order chi connectivity index (χ1) is 10.8. The number of likely N-dealkylation sites (tertiary alicyclic amines) is 1. The normalized spacial score (nSPS) is 16.6. The summed E-state index contributed by atoms with van der Waals surface area (Å²) in [7, 11) is 0. The Morgan fingerprint density at radius 1 is 1.23 bits per heavy atom. The molecule has 1 saturated heterocycles. The molecule has 0 radical (unpaired) electrons. The molecule has 1 aliphatic heterocycles. The summed E-state index contributed by atoms with van der Waals surface area (Å²) >= 11 is 0. The van der Waals surface area contributed by atoms with E-state index in [4.69, 9.17) is 4.42 Å². The SMILES string of the molecule is Cc1ccoc1C(=O)NC[C@H](c1ccccc1)N1CCCC1. The third-order valence-corrected chi connectivity index (χ3v) is 4.29. The highest BCUT2D eigenvalue weighted by Crippen LogP contribution is 2.24. The van der Waals surface area contributed by atoms with Crippen molar-refractivity contribution in [3.63, 3.8) is 0 Å². The van der Waals surface area contributed by atoms with Gasteiger partial charge in [-0.3, -0.25) is 9.69 Å². The number of amides is 1. The molecular formula is C18H22N2O2. The first kappa shape index (κ1) is 14.9. The van der Waals surface area contributed by atoms with Gasteiger partial charge < -0.3 is 9.73 Å². The molecular weight excluding hydrogens is 276 g/mol. The number of furan rings is 1. The van der Waals surface area contributed by atoms with Crippen molar-refractivity contribution in [1.82, 2.24) is 10.2 Å². The van der Waals surface area contributed by atoms with Gasteiger partial charge in [0.2, 0.25) is 0 Å². The lowest BCUT2D eigenvalue weighted by molar-refractivity contribution is 0.0909. The van der Waals surface area contributed by atoms with Crippen molar-refractivity contribution in [3.05, 3.63) is 59.5 Å². The predicted octanol–water partition coefficient (Wildman–Crippen LogP) is 3.15. The molecule has 22 heavy (non-hydrogen) atoms. The fourth-order valence-corrected chi connectivity index (χ4v) is 3.06. The second kappa shape index (κ2) is 6.79. The van der Waals surface area contributed by atoms with Crippen molar-refractivity contribution >= 4 is 5.91 Å². The van der Waals surface area contributed by atoms with E-state index in [0.717, 1.165) is 18.7 Å². The Morgan fingerprint density at radius 2 is 1.95 bits per heavy atom. The molecule has 0 aliphatic carbocycles. The third kappa shape index (κ3) is 3.22. The van der Waals surface area contributed by atoms with Crippen molar-refractivity contribution < 1.29 is 9.21 Å². The van der Waals surface area contributed by atoms with Gasteiger partial charge in [0.05, 0.1) is 12.3 Å². The van der Waals surface area contributed by atoms with Crippen molar-refractivity contribution in [2.75, 3.05) is 19.6 Å². The first-order valence-corrected chi connectivity index (χ1v) is 7.87. The van der Waals surface area contributed by atoms with E-state index in [9.17, 15) is 4.79 Å². The maximum absolute atomic E-state index is 12.3. The number of nitrogens with zero attached hydrogens (tertiary/aromatic N) is 1. The summed E-state index contributed by atoms with van der Waals surface area (Å²) in [5.41, 5.74) is 2.12. The van der Waals surface area contributed by atoms with Crippen LogP contribution >= 0.6 is 0 Å². The minimum absolute atomic E-state index is 0.136. The largest absolute Gasteiger partial charge is 0.459 e. The van der Waals surface area contributed by atoms with Crippen LogP contribution in [0.5, 0.6) is 0 Å². The minimum atomic E-state index is -0.136. The van der Waals surface area contributed by atoms with Crippen LogP contribution in [0.3, 0.4) is 0 Å². The Balaban J connectivity index is 1.70. The Kier molecular flexibility index (Phi) is 4.59. The third-order valence-electron chi connectivity index (χ3n) is 4.29. The first-order valence-electron chi connectivity index (χ1n) is 7.87. The number of hydrogen-bond donors (Lipinski definition) is 1. The van der Waals surface area contributed by atoms with Crippen molar-refractivity contribution in [1.29, 1.82) is 0 Å². The number of nitrogens with one attached hydrogen (secondary N) is 1. The number of carbonyl (C=O) groups is 1. The van der Waals surface area contributed by atoms with Gasteiger partial charge in [-0.1, -0.05) is 30.3 Å². The van der Waals surface area contributed by atoms with E-state index in [-0.39, 0.29) is 11.9 Å². The van der Waals surface area contributed by atoms with Crippen molar-refractivity contribution in [2.45, 2.75) is 25.8 Å². The zero-order valence-electron chi connectivity index (χ0n) is 12.9. The smallest absolute Gasteiger partial charge is 0.287 e. The lowest BCUT2D eigenvalue weighted by Gasteiger charge is -2.28. The molecule has 0 spiro atoms. The number of hydrogen-bond acceptors (Lipinski definition) is 3. The second-order valence-corrected chi connectivity index (χ2v) is 5.81. The van der Waals surface area contributed by atoms with Crippen LogP contribution in [-0.4, -0.2) is 30.4 Å². The molecule has 2 aromatic rings. The molecule has 1 aliphatic rings. The molecule has 116 valence electrons. The van der Waals surface area contributed by atoms with Crippen LogP contribution in [0.1, 0.15) is 40.6 Å². The second-order valence-electron chi connectivity index (χ2n) is 5.81. The molecule has 3 rings (SSSR count). The number of aryl methyl sites for hydroxylation is 1. The van der Waals surface area contributed by atoms with E-state index in [1.165, 1.54) is 18.4 Å². The van der Waals surface area contributed by atoms with Gasteiger partial charge in [0.1, 0.15) is 0 Å². The summed E-state index contributed by atoms with van der Waals surface area (Å²) in [5, 5.41) is 3.03. The molecule has 0 saturated carbocycles. The molecule has 1 aromatic carbocycles. The zero-order chi connectivity index (χ0) is 15.4. The van der Waals surface area contributed by atoms with E-state index in [2.05, 4.69) is 34.5 Å². The molecule has 2 heterocycles. The summed E-state index contributed by atoms with van der Waals surface area (Å²) in [6.45, 7) is 4.67. The molecule has 4 heteroatoms. The van der Waals surface area contributed by atoms with Crippen LogP contribution in [0.25, 0.3) is 0 Å². The summed E-state index contributed by atoms with van der Waals surface area (Å²) in [6, 6.07) is 12.4. The maximum atomic E-state index is 12.3. The number of carbonyl (C=O) groups excluding carboxylic acids is 1. The molecule has 1 N–H and O–H groups in total. The van der Waals surface area contributed by atoms with E-state index in [1.807, 2.05) is 19.1 Å².